The number of carbonyl (C=O) groups is 1. The van der Waals surface area contributed by atoms with E-state index in [4.69, 9.17) is 16.1 Å². The van der Waals surface area contributed by atoms with Crippen LogP contribution >= 0.6 is 30.9 Å². The summed E-state index contributed by atoms with van der Waals surface area (Å²) in [6, 6.07) is 38.1. The lowest BCUT2D eigenvalue weighted by atomic mass is 9.96. The van der Waals surface area contributed by atoms with Gasteiger partial charge in [0.05, 0.1) is 27.2 Å². The zero-order valence-electron chi connectivity index (χ0n) is 38.2. The van der Waals surface area contributed by atoms with E-state index in [0.717, 1.165) is 72.2 Å². The summed E-state index contributed by atoms with van der Waals surface area (Å²) < 4.78 is 24.2. The number of aromatic nitrogens is 1. The third-order valence-electron chi connectivity index (χ3n) is 12.2. The molecule has 2 atom stereocenters. The van der Waals surface area contributed by atoms with E-state index in [9.17, 15) is 24.6 Å². The fourth-order valence-electron chi connectivity index (χ4n) is 8.93. The van der Waals surface area contributed by atoms with Crippen LogP contribution < -0.4 is 25.1 Å². The van der Waals surface area contributed by atoms with E-state index in [1.54, 1.807) is 34.8 Å². The minimum absolute atomic E-state index is 0.0172. The Morgan fingerprint density at radius 2 is 1.55 bits per heavy atom. The molecule has 2 aliphatic heterocycles. The van der Waals surface area contributed by atoms with Crippen molar-refractivity contribution in [3.8, 4) is 22.4 Å². The molecule has 6 aromatic rings. The summed E-state index contributed by atoms with van der Waals surface area (Å²) in [6.07, 6.45) is 3.75. The highest BCUT2D eigenvalue weighted by molar-refractivity contribution is 7.99. The molecular weight excluding hydrogens is 905 g/mol. The second-order valence-corrected chi connectivity index (χ2v) is 21.0. The third kappa shape index (κ3) is 10.2. The molecule has 0 amide bonds. The van der Waals surface area contributed by atoms with E-state index in [1.165, 1.54) is 12.3 Å². The molecule has 0 saturated carbocycles. The molecular formula is C51H55ClN7O6PS. The number of nitro benzene ring substituents is 1. The van der Waals surface area contributed by atoms with Gasteiger partial charge in [-0.1, -0.05) is 54.1 Å². The van der Waals surface area contributed by atoms with Crippen molar-refractivity contribution in [1.82, 2.24) is 9.47 Å². The number of halogens is 1. The van der Waals surface area contributed by atoms with Crippen LogP contribution in [0.4, 0.5) is 28.4 Å². The monoisotopic (exact) mass is 959 g/mol. The van der Waals surface area contributed by atoms with E-state index in [-0.39, 0.29) is 28.6 Å². The highest BCUT2D eigenvalue weighted by Crippen LogP contribution is 2.56. The van der Waals surface area contributed by atoms with Gasteiger partial charge in [0.2, 0.25) is 0 Å². The molecule has 67 heavy (non-hydrogen) atoms. The average Bonchev–Trinajstić information content (AvgIpc) is 3.88. The Balaban J connectivity index is 0.967. The first-order valence-electron chi connectivity index (χ1n) is 22.3. The van der Waals surface area contributed by atoms with Crippen molar-refractivity contribution in [3.05, 3.63) is 160 Å². The normalized spacial score (nSPS) is 16.4. The minimum atomic E-state index is -3.79. The molecule has 0 spiro atoms. The molecule has 13 nitrogen and oxygen atoms in total. The Kier molecular flexibility index (Phi) is 14.4. The smallest absolute Gasteiger partial charge is 0.378 e. The van der Waals surface area contributed by atoms with Gasteiger partial charge in [-0.05, 0) is 132 Å². The molecule has 0 aliphatic carbocycles. The van der Waals surface area contributed by atoms with Gasteiger partial charge in [-0.15, -0.1) is 11.8 Å². The van der Waals surface area contributed by atoms with Gasteiger partial charge in [-0.2, -0.15) is 0 Å². The number of anilines is 4. The van der Waals surface area contributed by atoms with Crippen LogP contribution in [0.3, 0.4) is 0 Å². The van der Waals surface area contributed by atoms with Crippen molar-refractivity contribution < 1.29 is 23.9 Å². The molecule has 1 fully saturated rings. The van der Waals surface area contributed by atoms with Gasteiger partial charge >= 0.3 is 13.5 Å². The highest BCUT2D eigenvalue weighted by Gasteiger charge is 2.39. The second-order valence-electron chi connectivity index (χ2n) is 17.3. The SMILES string of the molecule is Cc1c(C(=O)O)c(-c2cccc(N3CCN(c4ccc(N5C=CO[P@]5(=O)c5ccc(NC(CCN(C)C)CSc6ccccc6)c([N+](=O)[O-])c5)cc4)CC3)c2)c(-c2ccc(Cl)cc2)n1C(C)C. The lowest BCUT2D eigenvalue weighted by molar-refractivity contribution is -0.383. The summed E-state index contributed by atoms with van der Waals surface area (Å²) >= 11 is 7.97. The van der Waals surface area contributed by atoms with Crippen molar-refractivity contribution in [2.24, 2.45) is 0 Å². The van der Waals surface area contributed by atoms with E-state index < -0.39 is 18.4 Å². The number of nitrogens with zero attached hydrogens (tertiary/aromatic N) is 6. The molecule has 348 valence electrons. The first-order valence-corrected chi connectivity index (χ1v) is 25.2. The third-order valence-corrected chi connectivity index (χ3v) is 15.9. The molecule has 8 rings (SSSR count). The van der Waals surface area contributed by atoms with Gasteiger partial charge in [0, 0.05) is 88.8 Å². The van der Waals surface area contributed by atoms with Crippen LogP contribution in [0, 0.1) is 17.0 Å². The minimum Gasteiger partial charge on any atom is -0.478 e. The predicted molar refractivity (Wildman–Crippen MR) is 274 cm³/mol. The molecule has 1 saturated heterocycles. The highest BCUT2D eigenvalue weighted by atomic mass is 35.5. The van der Waals surface area contributed by atoms with Crippen LogP contribution in [0.5, 0.6) is 0 Å². The van der Waals surface area contributed by atoms with Crippen molar-refractivity contribution in [2.45, 2.75) is 44.2 Å². The number of hydrogen-bond acceptors (Lipinski definition) is 10. The number of carboxylic acid groups (broad SMARTS) is 1. The van der Waals surface area contributed by atoms with Crippen LogP contribution in [0.2, 0.25) is 5.02 Å². The molecule has 2 aliphatic rings. The molecule has 1 aromatic heterocycles. The molecule has 3 heterocycles. The Bertz CT molecular complexity index is 2810. The van der Waals surface area contributed by atoms with Crippen molar-refractivity contribution >= 4 is 70.6 Å². The zero-order valence-corrected chi connectivity index (χ0v) is 40.7. The number of piperazine rings is 1. The summed E-state index contributed by atoms with van der Waals surface area (Å²) in [5, 5.41) is 27.3. The second kappa shape index (κ2) is 20.4. The van der Waals surface area contributed by atoms with Crippen LogP contribution in [-0.2, 0) is 9.09 Å². The average molecular weight is 961 g/mol. The topological polar surface area (TPSA) is 137 Å². The predicted octanol–water partition coefficient (Wildman–Crippen LogP) is 11.6. The summed E-state index contributed by atoms with van der Waals surface area (Å²) in [7, 11) is 0.217. The number of thioether (sulfide) groups is 1. The quantitative estimate of drug-likeness (QED) is 0.0390. The largest absolute Gasteiger partial charge is 0.478 e. The van der Waals surface area contributed by atoms with Crippen LogP contribution in [0.25, 0.3) is 22.4 Å². The Labute approximate surface area is 401 Å². The van der Waals surface area contributed by atoms with Gasteiger partial charge in [0.1, 0.15) is 11.9 Å². The molecule has 0 bridgehead atoms. The van der Waals surface area contributed by atoms with Crippen molar-refractivity contribution in [3.63, 3.8) is 0 Å². The lowest BCUT2D eigenvalue weighted by Gasteiger charge is -2.37. The summed E-state index contributed by atoms with van der Waals surface area (Å²) in [4.78, 5) is 32.8. The number of rotatable bonds is 17. The number of carboxylic acids is 1. The maximum absolute atomic E-state index is 14.7. The lowest BCUT2D eigenvalue weighted by Crippen LogP contribution is -2.46. The van der Waals surface area contributed by atoms with Crippen LogP contribution in [0.1, 0.15) is 42.4 Å². The number of hydrogen-bond donors (Lipinski definition) is 2. The van der Waals surface area contributed by atoms with Gasteiger partial charge < -0.3 is 34.2 Å². The van der Waals surface area contributed by atoms with Gasteiger partial charge in [0.15, 0.2) is 0 Å². The molecule has 2 N–H and O–H groups in total. The van der Waals surface area contributed by atoms with E-state index in [1.807, 2.05) is 99.9 Å². The standard InChI is InChI=1S/C51H55ClN7O6PS/c1-35(2)58-36(3)48(51(60)61)49(50(58)37-14-16-39(52)17-15-37)38-10-9-11-43(32-38)56-28-26-55(27-29-56)41-18-20-42(21-19-41)57-30-31-65-66(57,64)44-22-23-46(47(33-44)59(62)63)53-40(24-25-54(4)5)34-67-45-12-7-6-8-13-45/h6-23,30-33,35,40,53H,24-29,34H2,1-5H3,(H,60,61)/t40?,66-/m1/s1. The van der Waals surface area contributed by atoms with Crippen LogP contribution in [-0.4, -0.2) is 84.1 Å². The van der Waals surface area contributed by atoms with Gasteiger partial charge in [-0.3, -0.25) is 14.8 Å². The summed E-state index contributed by atoms with van der Waals surface area (Å²) in [6.45, 7) is 9.73. The maximum atomic E-state index is 14.7. The fraction of sp³-hybridized carbons (Fsp3) is 0.275. The molecule has 0 radical (unpaired) electrons. The Morgan fingerprint density at radius 1 is 0.881 bits per heavy atom. The van der Waals surface area contributed by atoms with Crippen molar-refractivity contribution in [1.29, 1.82) is 0 Å². The van der Waals surface area contributed by atoms with Crippen molar-refractivity contribution in [2.75, 3.05) is 72.4 Å². The number of benzene rings is 5. The number of aromatic carboxylic acids is 1. The first-order chi connectivity index (χ1) is 32.2. The molecule has 16 heteroatoms. The van der Waals surface area contributed by atoms with E-state index >= 15 is 0 Å². The van der Waals surface area contributed by atoms with Gasteiger partial charge in [0.25, 0.3) is 5.69 Å². The zero-order chi connectivity index (χ0) is 47.4. The Morgan fingerprint density at radius 3 is 2.19 bits per heavy atom. The molecule has 5 aromatic carbocycles. The number of nitrogens with one attached hydrogen (secondary N) is 1. The summed E-state index contributed by atoms with van der Waals surface area (Å²) in [5.41, 5.74) is 7.07. The molecule has 1 unspecified atom stereocenters. The maximum Gasteiger partial charge on any atom is 0.378 e. The van der Waals surface area contributed by atoms with E-state index in [2.05, 4.69) is 62.7 Å². The summed E-state index contributed by atoms with van der Waals surface area (Å²) in [5.74, 6) is -0.267. The first kappa shape index (κ1) is 47.3. The van der Waals surface area contributed by atoms with E-state index in [0.29, 0.717) is 33.4 Å². The Hall–Kier alpha value is -6.18. The fourth-order valence-corrected chi connectivity index (χ4v) is 12.0. The number of nitro groups is 1. The van der Waals surface area contributed by atoms with Gasteiger partial charge in [-0.25, -0.2) is 9.36 Å². The van der Waals surface area contributed by atoms with Crippen LogP contribution in [0.15, 0.2) is 139 Å².